The quantitative estimate of drug-likeness (QED) is 0.452. The van der Waals surface area contributed by atoms with Crippen LogP contribution in [0.15, 0.2) is 46.9 Å². The third-order valence-corrected chi connectivity index (χ3v) is 6.10. The summed E-state index contributed by atoms with van der Waals surface area (Å²) in [7, 11) is 0. The normalized spacial score (nSPS) is 16.1. The smallest absolute Gasteiger partial charge is 0.391 e. The van der Waals surface area contributed by atoms with Crippen LogP contribution in [-0.4, -0.2) is 23.5 Å². The highest BCUT2D eigenvalue weighted by Gasteiger charge is 2.34. The average molecular weight is 518 g/mol. The van der Waals surface area contributed by atoms with Gasteiger partial charge in [-0.3, -0.25) is 10.1 Å². The summed E-state index contributed by atoms with van der Waals surface area (Å²) in [6.45, 7) is 0.785. The number of amides is 2. The van der Waals surface area contributed by atoms with Crippen LogP contribution in [0.4, 0.5) is 20.7 Å². The lowest BCUT2D eigenvalue weighted by atomic mass is 9.96. The minimum atomic E-state index is -0.779. The number of carbonyl (C=O) groups excluding carboxylic acids is 2. The number of hydrogen-bond acceptors (Lipinski definition) is 5. The monoisotopic (exact) mass is 516 g/mol. The molecule has 3 heterocycles. The summed E-state index contributed by atoms with van der Waals surface area (Å²) in [5, 5.41) is 8.89. The zero-order chi connectivity index (χ0) is 22.4. The van der Waals surface area contributed by atoms with Crippen LogP contribution in [0.3, 0.4) is 0 Å². The summed E-state index contributed by atoms with van der Waals surface area (Å²) in [5.41, 5.74) is 2.55. The van der Waals surface area contributed by atoms with Crippen molar-refractivity contribution >= 4 is 51.0 Å². The third kappa shape index (κ3) is 3.78. The van der Waals surface area contributed by atoms with Crippen molar-refractivity contribution in [1.29, 1.82) is 0 Å². The molecule has 2 aliphatic heterocycles. The molecule has 0 fully saturated rings. The molecule has 3 N–H and O–H groups in total. The van der Waals surface area contributed by atoms with Crippen molar-refractivity contribution in [3.63, 3.8) is 0 Å². The number of halogens is 3. The Kier molecular flexibility index (Phi) is 5.22. The number of fused-ring (bicyclic) bond motifs is 2. The van der Waals surface area contributed by atoms with Gasteiger partial charge in [0.1, 0.15) is 11.6 Å². The number of hydrogen-bond donors (Lipinski definition) is 3. The Morgan fingerprint density at radius 3 is 2.94 bits per heavy atom. The lowest BCUT2D eigenvalue weighted by molar-refractivity contribution is 0.0960. The Balaban J connectivity index is 1.47. The van der Waals surface area contributed by atoms with Gasteiger partial charge < -0.3 is 15.4 Å². The molecule has 2 amide bonds. The maximum atomic E-state index is 13.9. The van der Waals surface area contributed by atoms with Crippen molar-refractivity contribution in [1.82, 2.24) is 10.3 Å². The van der Waals surface area contributed by atoms with E-state index in [2.05, 4.69) is 36.9 Å². The maximum absolute atomic E-state index is 13.9. The van der Waals surface area contributed by atoms with Gasteiger partial charge in [-0.2, -0.15) is 4.98 Å². The van der Waals surface area contributed by atoms with Gasteiger partial charge in [0.2, 0.25) is 5.88 Å². The van der Waals surface area contributed by atoms with Crippen LogP contribution < -0.4 is 20.7 Å². The van der Waals surface area contributed by atoms with E-state index in [9.17, 15) is 14.0 Å². The van der Waals surface area contributed by atoms with Crippen molar-refractivity contribution in [2.75, 3.05) is 17.2 Å². The van der Waals surface area contributed by atoms with E-state index in [0.717, 1.165) is 18.5 Å². The molecule has 3 aromatic rings. The molecule has 0 bridgehead atoms. The number of nitrogens with zero attached hydrogens (tertiary/aromatic N) is 1. The number of rotatable bonds is 3. The highest BCUT2D eigenvalue weighted by atomic mass is 79.9. The predicted molar refractivity (Wildman–Crippen MR) is 121 cm³/mol. The van der Waals surface area contributed by atoms with Gasteiger partial charge in [0.15, 0.2) is 0 Å². The standard InChI is InChI=1S/C22H15BrClFN4O3/c23-11-7-14-18(19(29-21(14)30)13-9-12(25)2-3-15(13)24)16(8-11)27-22(31)32-17-4-1-10-5-6-26-20(10)28-17/h1-4,7-9,19H,5-6H2,(H,26,28)(H,27,31)(H,29,30). The number of anilines is 2. The second kappa shape index (κ2) is 8.07. The fraction of sp³-hybridized carbons (Fsp3) is 0.136. The number of pyridine rings is 1. The van der Waals surface area contributed by atoms with Crippen LogP contribution in [0.2, 0.25) is 5.02 Å². The van der Waals surface area contributed by atoms with E-state index in [1.165, 1.54) is 18.2 Å². The average Bonchev–Trinajstić information content (AvgIpc) is 3.34. The number of carbonyl (C=O) groups is 2. The molecular formula is C22H15BrClFN4O3. The fourth-order valence-electron chi connectivity index (χ4n) is 3.90. The first kappa shape index (κ1) is 20.7. The molecule has 0 saturated carbocycles. The van der Waals surface area contributed by atoms with Gasteiger partial charge in [-0.25, -0.2) is 9.18 Å². The molecule has 1 unspecified atom stereocenters. The SMILES string of the molecule is O=C(Nc1cc(Br)cc2c1C(c1cc(F)ccc1Cl)NC2=O)Oc1ccc2c(n1)NCC2. The van der Waals surface area contributed by atoms with E-state index in [4.69, 9.17) is 16.3 Å². The molecule has 2 aliphatic rings. The lowest BCUT2D eigenvalue weighted by Crippen LogP contribution is -2.22. The summed E-state index contributed by atoms with van der Waals surface area (Å²) in [5.74, 6) is -0.0284. The first-order valence-electron chi connectivity index (χ1n) is 9.71. The van der Waals surface area contributed by atoms with E-state index in [0.29, 0.717) is 32.7 Å². The highest BCUT2D eigenvalue weighted by molar-refractivity contribution is 9.10. The van der Waals surface area contributed by atoms with Crippen molar-refractivity contribution in [2.24, 2.45) is 0 Å². The van der Waals surface area contributed by atoms with E-state index >= 15 is 0 Å². The molecule has 32 heavy (non-hydrogen) atoms. The van der Waals surface area contributed by atoms with Gasteiger partial charge in [-0.05, 0) is 48.4 Å². The van der Waals surface area contributed by atoms with E-state index in [-0.39, 0.29) is 16.8 Å². The van der Waals surface area contributed by atoms with Crippen molar-refractivity contribution < 1.29 is 18.7 Å². The third-order valence-electron chi connectivity index (χ3n) is 5.30. The Bertz CT molecular complexity index is 1290. The largest absolute Gasteiger partial charge is 0.418 e. The molecule has 0 aliphatic carbocycles. The Labute approximate surface area is 195 Å². The van der Waals surface area contributed by atoms with Gasteiger partial charge in [0, 0.05) is 38.8 Å². The molecule has 0 radical (unpaired) electrons. The van der Waals surface area contributed by atoms with Crippen LogP contribution in [0.25, 0.3) is 0 Å². The zero-order valence-electron chi connectivity index (χ0n) is 16.3. The Hall–Kier alpha value is -3.17. The number of ether oxygens (including phenoxy) is 1. The molecule has 0 spiro atoms. The fourth-order valence-corrected chi connectivity index (χ4v) is 4.58. The van der Waals surface area contributed by atoms with Gasteiger partial charge in [-0.1, -0.05) is 27.5 Å². The van der Waals surface area contributed by atoms with Gasteiger partial charge in [0.25, 0.3) is 5.91 Å². The van der Waals surface area contributed by atoms with Crippen molar-refractivity contribution in [2.45, 2.75) is 12.5 Å². The van der Waals surface area contributed by atoms with Crippen LogP contribution in [0, 0.1) is 5.82 Å². The van der Waals surface area contributed by atoms with Gasteiger partial charge in [0.05, 0.1) is 11.7 Å². The van der Waals surface area contributed by atoms with Crippen LogP contribution >= 0.6 is 27.5 Å². The lowest BCUT2D eigenvalue weighted by Gasteiger charge is -2.18. The van der Waals surface area contributed by atoms with E-state index in [1.54, 1.807) is 18.2 Å². The number of aromatic nitrogens is 1. The van der Waals surface area contributed by atoms with Crippen molar-refractivity contribution in [3.05, 3.63) is 80.0 Å². The van der Waals surface area contributed by atoms with E-state index in [1.807, 2.05) is 6.07 Å². The summed E-state index contributed by atoms with van der Waals surface area (Å²) in [6, 6.07) is 9.91. The summed E-state index contributed by atoms with van der Waals surface area (Å²) >= 11 is 9.64. The van der Waals surface area contributed by atoms with Crippen LogP contribution in [0.5, 0.6) is 5.88 Å². The topological polar surface area (TPSA) is 92.4 Å². The van der Waals surface area contributed by atoms with Crippen LogP contribution in [-0.2, 0) is 6.42 Å². The highest BCUT2D eigenvalue weighted by Crippen LogP contribution is 2.41. The Morgan fingerprint density at radius 2 is 2.09 bits per heavy atom. The Morgan fingerprint density at radius 1 is 1.25 bits per heavy atom. The van der Waals surface area contributed by atoms with Crippen LogP contribution in [0.1, 0.15) is 33.1 Å². The molecule has 10 heteroatoms. The zero-order valence-corrected chi connectivity index (χ0v) is 18.7. The van der Waals surface area contributed by atoms with Gasteiger partial charge in [-0.15, -0.1) is 0 Å². The summed E-state index contributed by atoms with van der Waals surface area (Å²) < 4.78 is 19.8. The molecule has 1 atom stereocenters. The first-order valence-corrected chi connectivity index (χ1v) is 10.9. The van der Waals surface area contributed by atoms with Crippen molar-refractivity contribution in [3.8, 4) is 5.88 Å². The molecule has 1 aromatic heterocycles. The predicted octanol–water partition coefficient (Wildman–Crippen LogP) is 5.05. The minimum Gasteiger partial charge on any atom is -0.391 e. The van der Waals surface area contributed by atoms with E-state index < -0.39 is 18.0 Å². The maximum Gasteiger partial charge on any atom is 0.418 e. The minimum absolute atomic E-state index is 0.140. The molecule has 7 nitrogen and oxygen atoms in total. The second-order valence-electron chi connectivity index (χ2n) is 7.34. The second-order valence-corrected chi connectivity index (χ2v) is 8.66. The molecule has 162 valence electrons. The molecule has 5 rings (SSSR count). The molecule has 2 aromatic carbocycles. The molecular weight excluding hydrogens is 503 g/mol. The molecule has 0 saturated heterocycles. The number of benzene rings is 2. The summed E-state index contributed by atoms with van der Waals surface area (Å²) in [6.07, 6.45) is 0.0866. The number of nitrogens with one attached hydrogen (secondary N) is 3. The summed E-state index contributed by atoms with van der Waals surface area (Å²) in [4.78, 5) is 29.5. The first-order chi connectivity index (χ1) is 15.4. The van der Waals surface area contributed by atoms with Gasteiger partial charge >= 0.3 is 6.09 Å².